The predicted molar refractivity (Wildman–Crippen MR) is 82.5 cm³/mol. The molecule has 120 valence electrons. The van der Waals surface area contributed by atoms with Crippen LogP contribution < -0.4 is 10.6 Å². The Bertz CT molecular complexity index is 572. The second-order valence-corrected chi connectivity index (χ2v) is 5.54. The molecule has 0 aromatic heterocycles. The van der Waals surface area contributed by atoms with Crippen LogP contribution in [0.5, 0.6) is 0 Å². The Morgan fingerprint density at radius 3 is 2.32 bits per heavy atom. The summed E-state index contributed by atoms with van der Waals surface area (Å²) >= 11 is 0. The van der Waals surface area contributed by atoms with Crippen molar-refractivity contribution < 1.29 is 14.5 Å². The SMILES string of the molecule is CC(NC(=O)c1cccc([N+](=O)[O-])c1)C(=O)NC(C)C(C)C. The fourth-order valence-electron chi connectivity index (χ4n) is 1.62. The van der Waals surface area contributed by atoms with Crippen LogP contribution in [0.2, 0.25) is 0 Å². The fourth-order valence-corrected chi connectivity index (χ4v) is 1.62. The number of nitrogens with zero attached hydrogens (tertiary/aromatic N) is 1. The van der Waals surface area contributed by atoms with Gasteiger partial charge in [0, 0.05) is 23.7 Å². The molecule has 0 bridgehead atoms. The highest BCUT2D eigenvalue weighted by molar-refractivity contribution is 5.97. The fraction of sp³-hybridized carbons (Fsp3) is 0.467. The van der Waals surface area contributed by atoms with Crippen LogP contribution >= 0.6 is 0 Å². The summed E-state index contributed by atoms with van der Waals surface area (Å²) < 4.78 is 0. The lowest BCUT2D eigenvalue weighted by molar-refractivity contribution is -0.384. The maximum atomic E-state index is 12.0. The largest absolute Gasteiger partial charge is 0.352 e. The molecule has 0 aliphatic carbocycles. The molecule has 7 heteroatoms. The number of hydrogen-bond acceptors (Lipinski definition) is 4. The van der Waals surface area contributed by atoms with Crippen molar-refractivity contribution in [2.75, 3.05) is 0 Å². The van der Waals surface area contributed by atoms with Crippen LogP contribution in [0.4, 0.5) is 5.69 Å². The summed E-state index contributed by atoms with van der Waals surface area (Å²) in [5, 5.41) is 16.0. The first kappa shape index (κ1) is 17.6. The molecule has 1 rings (SSSR count). The average molecular weight is 307 g/mol. The number of nitro benzene ring substituents is 1. The molecule has 2 unspecified atom stereocenters. The number of carbonyl (C=O) groups excluding carboxylic acids is 2. The molecule has 7 nitrogen and oxygen atoms in total. The van der Waals surface area contributed by atoms with E-state index >= 15 is 0 Å². The molecule has 2 atom stereocenters. The molecule has 0 heterocycles. The molecular formula is C15H21N3O4. The van der Waals surface area contributed by atoms with E-state index in [0.717, 1.165) is 0 Å². The van der Waals surface area contributed by atoms with Gasteiger partial charge in [-0.2, -0.15) is 0 Å². The molecule has 0 saturated heterocycles. The van der Waals surface area contributed by atoms with E-state index in [4.69, 9.17) is 0 Å². The summed E-state index contributed by atoms with van der Waals surface area (Å²) in [6.45, 7) is 7.42. The quantitative estimate of drug-likeness (QED) is 0.618. The molecule has 0 aliphatic heterocycles. The van der Waals surface area contributed by atoms with Gasteiger partial charge in [-0.25, -0.2) is 0 Å². The van der Waals surface area contributed by atoms with Crippen LogP contribution in [0.25, 0.3) is 0 Å². The molecule has 0 aliphatic rings. The normalized spacial score (nSPS) is 13.3. The Labute approximate surface area is 129 Å². The summed E-state index contributed by atoms with van der Waals surface area (Å²) in [6, 6.07) is 4.63. The van der Waals surface area contributed by atoms with Gasteiger partial charge in [-0.05, 0) is 25.8 Å². The van der Waals surface area contributed by atoms with E-state index in [1.807, 2.05) is 20.8 Å². The van der Waals surface area contributed by atoms with Gasteiger partial charge in [0.1, 0.15) is 6.04 Å². The molecule has 22 heavy (non-hydrogen) atoms. The third-order valence-corrected chi connectivity index (χ3v) is 3.43. The van der Waals surface area contributed by atoms with Crippen LogP contribution in [0.1, 0.15) is 38.1 Å². The van der Waals surface area contributed by atoms with Gasteiger partial charge < -0.3 is 10.6 Å². The Morgan fingerprint density at radius 1 is 1.14 bits per heavy atom. The van der Waals surface area contributed by atoms with E-state index in [1.165, 1.54) is 24.3 Å². The van der Waals surface area contributed by atoms with Crippen molar-refractivity contribution in [1.29, 1.82) is 0 Å². The smallest absolute Gasteiger partial charge is 0.270 e. The Morgan fingerprint density at radius 2 is 1.77 bits per heavy atom. The molecule has 0 fully saturated rings. The van der Waals surface area contributed by atoms with Crippen LogP contribution in [-0.2, 0) is 4.79 Å². The average Bonchev–Trinajstić information content (AvgIpc) is 2.46. The van der Waals surface area contributed by atoms with E-state index in [0.29, 0.717) is 0 Å². The zero-order valence-electron chi connectivity index (χ0n) is 13.1. The number of nitrogens with one attached hydrogen (secondary N) is 2. The summed E-state index contributed by atoms with van der Waals surface area (Å²) in [5.74, 6) is -0.535. The monoisotopic (exact) mass is 307 g/mol. The van der Waals surface area contributed by atoms with Gasteiger partial charge in [0.2, 0.25) is 5.91 Å². The zero-order chi connectivity index (χ0) is 16.9. The van der Waals surface area contributed by atoms with Crippen molar-refractivity contribution in [2.24, 2.45) is 5.92 Å². The second-order valence-electron chi connectivity index (χ2n) is 5.54. The van der Waals surface area contributed by atoms with Crippen molar-refractivity contribution in [3.8, 4) is 0 Å². The number of carbonyl (C=O) groups is 2. The summed E-state index contributed by atoms with van der Waals surface area (Å²) in [4.78, 5) is 34.1. The van der Waals surface area contributed by atoms with Gasteiger partial charge >= 0.3 is 0 Å². The van der Waals surface area contributed by atoms with E-state index < -0.39 is 16.9 Å². The number of nitro groups is 1. The van der Waals surface area contributed by atoms with Gasteiger partial charge in [-0.3, -0.25) is 19.7 Å². The van der Waals surface area contributed by atoms with Gasteiger partial charge in [-0.1, -0.05) is 19.9 Å². The van der Waals surface area contributed by atoms with Gasteiger partial charge in [0.25, 0.3) is 11.6 Å². The Kier molecular flexibility index (Phi) is 6.03. The van der Waals surface area contributed by atoms with Crippen molar-refractivity contribution in [1.82, 2.24) is 10.6 Å². The zero-order valence-corrected chi connectivity index (χ0v) is 13.1. The number of benzene rings is 1. The summed E-state index contributed by atoms with van der Waals surface area (Å²) in [7, 11) is 0. The minimum Gasteiger partial charge on any atom is -0.352 e. The minimum atomic E-state index is -0.729. The van der Waals surface area contributed by atoms with Crippen LogP contribution in [0.3, 0.4) is 0 Å². The third kappa shape index (κ3) is 4.83. The summed E-state index contributed by atoms with van der Waals surface area (Å²) in [6.07, 6.45) is 0. The Hall–Kier alpha value is -2.44. The topological polar surface area (TPSA) is 101 Å². The van der Waals surface area contributed by atoms with Crippen LogP contribution in [0, 0.1) is 16.0 Å². The molecule has 0 saturated carbocycles. The highest BCUT2D eigenvalue weighted by atomic mass is 16.6. The number of rotatable bonds is 6. The van der Waals surface area contributed by atoms with E-state index in [2.05, 4.69) is 10.6 Å². The first-order valence-electron chi connectivity index (χ1n) is 7.08. The van der Waals surface area contributed by atoms with Gasteiger partial charge in [0.05, 0.1) is 4.92 Å². The highest BCUT2D eigenvalue weighted by Crippen LogP contribution is 2.13. The number of hydrogen-bond donors (Lipinski definition) is 2. The predicted octanol–water partition coefficient (Wildman–Crippen LogP) is 1.87. The second kappa shape index (κ2) is 7.53. The summed E-state index contributed by atoms with van der Waals surface area (Å²) in [5.41, 5.74) is -0.0241. The molecular weight excluding hydrogens is 286 g/mol. The van der Waals surface area contributed by atoms with Gasteiger partial charge in [-0.15, -0.1) is 0 Å². The highest BCUT2D eigenvalue weighted by Gasteiger charge is 2.20. The standard InChI is InChI=1S/C15H21N3O4/c1-9(2)10(3)16-14(19)11(4)17-15(20)12-6-5-7-13(8-12)18(21)22/h5-11H,1-4H3,(H,16,19)(H,17,20). The number of amides is 2. The molecule has 1 aromatic rings. The van der Waals surface area contributed by atoms with Crippen LogP contribution in [0.15, 0.2) is 24.3 Å². The molecule has 1 aromatic carbocycles. The molecule has 0 spiro atoms. The van der Waals surface area contributed by atoms with Crippen molar-refractivity contribution in [3.63, 3.8) is 0 Å². The first-order chi connectivity index (χ1) is 10.2. The number of non-ortho nitro benzene ring substituents is 1. The lowest BCUT2D eigenvalue weighted by Gasteiger charge is -2.21. The van der Waals surface area contributed by atoms with Crippen molar-refractivity contribution >= 4 is 17.5 Å². The minimum absolute atomic E-state index is 0.00957. The Balaban J connectivity index is 2.69. The molecule has 2 amide bonds. The maximum absolute atomic E-state index is 12.0. The van der Waals surface area contributed by atoms with E-state index in [9.17, 15) is 19.7 Å². The lowest BCUT2D eigenvalue weighted by atomic mass is 10.1. The van der Waals surface area contributed by atoms with Gasteiger partial charge in [0.15, 0.2) is 0 Å². The lowest BCUT2D eigenvalue weighted by Crippen LogP contribution is -2.48. The third-order valence-electron chi connectivity index (χ3n) is 3.43. The van der Waals surface area contributed by atoms with Crippen molar-refractivity contribution in [2.45, 2.75) is 39.8 Å². The van der Waals surface area contributed by atoms with E-state index in [-0.39, 0.29) is 29.1 Å². The maximum Gasteiger partial charge on any atom is 0.270 e. The molecule has 0 radical (unpaired) electrons. The first-order valence-corrected chi connectivity index (χ1v) is 7.08. The van der Waals surface area contributed by atoms with E-state index in [1.54, 1.807) is 6.92 Å². The molecule has 2 N–H and O–H groups in total. The van der Waals surface area contributed by atoms with Crippen LogP contribution in [-0.4, -0.2) is 28.8 Å². The van der Waals surface area contributed by atoms with Crippen molar-refractivity contribution in [3.05, 3.63) is 39.9 Å².